The Kier molecular flexibility index (Phi) is 9.27. The Hall–Kier alpha value is -2.44. The van der Waals surface area contributed by atoms with E-state index in [1.165, 1.54) is 25.7 Å². The van der Waals surface area contributed by atoms with Gasteiger partial charge in [0, 0.05) is 26.7 Å². The number of benzene rings is 1. The highest BCUT2D eigenvalue weighted by Gasteiger charge is 2.37. The first kappa shape index (κ1) is 23.8. The summed E-state index contributed by atoms with van der Waals surface area (Å²) in [5, 5.41) is 9.60. The van der Waals surface area contributed by atoms with Crippen molar-refractivity contribution in [1.82, 2.24) is 16.0 Å². The van der Waals surface area contributed by atoms with Crippen LogP contribution in [0.3, 0.4) is 0 Å². The van der Waals surface area contributed by atoms with Gasteiger partial charge in [-0.2, -0.15) is 0 Å². The van der Waals surface area contributed by atoms with Gasteiger partial charge in [0.15, 0.2) is 24.1 Å². The Morgan fingerprint density at radius 2 is 1.97 bits per heavy atom. The van der Waals surface area contributed by atoms with Crippen LogP contribution in [0.2, 0.25) is 0 Å². The third kappa shape index (κ3) is 7.11. The smallest absolute Gasteiger partial charge is 0.257 e. The second-order valence-corrected chi connectivity index (χ2v) is 8.46. The molecule has 0 bridgehead atoms. The van der Waals surface area contributed by atoms with Gasteiger partial charge in [0.25, 0.3) is 5.91 Å². The van der Waals surface area contributed by atoms with E-state index in [0.717, 1.165) is 18.1 Å². The van der Waals surface area contributed by atoms with Gasteiger partial charge in [0.2, 0.25) is 0 Å². The van der Waals surface area contributed by atoms with Gasteiger partial charge in [-0.25, -0.2) is 0 Å². The molecular weight excluding hydrogens is 380 g/mol. The number of nitrogens with zero attached hydrogens (tertiary/aromatic N) is 1. The number of nitrogens with one attached hydrogen (secondary N) is 3. The molecule has 1 aromatic carbocycles. The van der Waals surface area contributed by atoms with Crippen LogP contribution < -0.4 is 25.4 Å². The van der Waals surface area contributed by atoms with Gasteiger partial charge in [-0.15, -0.1) is 0 Å². The summed E-state index contributed by atoms with van der Waals surface area (Å²) >= 11 is 0. The quantitative estimate of drug-likeness (QED) is 0.380. The van der Waals surface area contributed by atoms with Gasteiger partial charge in [-0.1, -0.05) is 26.3 Å². The van der Waals surface area contributed by atoms with Crippen molar-refractivity contribution in [3.63, 3.8) is 0 Å². The molecule has 0 aromatic heterocycles. The monoisotopic (exact) mass is 418 g/mol. The van der Waals surface area contributed by atoms with Crippen molar-refractivity contribution in [2.75, 3.05) is 33.9 Å². The van der Waals surface area contributed by atoms with E-state index in [1.54, 1.807) is 14.2 Å². The highest BCUT2D eigenvalue weighted by molar-refractivity contribution is 5.79. The predicted octanol–water partition coefficient (Wildman–Crippen LogP) is 3.09. The molecular formula is C23H38N4O3. The molecule has 0 spiro atoms. The van der Waals surface area contributed by atoms with Gasteiger partial charge in [0.05, 0.1) is 7.11 Å². The summed E-state index contributed by atoms with van der Waals surface area (Å²) in [7, 11) is 3.39. The highest BCUT2D eigenvalue weighted by atomic mass is 16.5. The lowest BCUT2D eigenvalue weighted by atomic mass is 9.64. The van der Waals surface area contributed by atoms with E-state index in [0.29, 0.717) is 35.9 Å². The number of hydrogen-bond donors (Lipinski definition) is 3. The zero-order chi connectivity index (χ0) is 22.0. The SMILES string of the molecule is CCNC(=O)COc1ccc(CNC(=NC)NCC2(CC(C)C)CCC2)cc1OC. The minimum absolute atomic E-state index is 0.0313. The lowest BCUT2D eigenvalue weighted by molar-refractivity contribution is -0.123. The summed E-state index contributed by atoms with van der Waals surface area (Å²) in [6, 6.07) is 5.71. The van der Waals surface area contributed by atoms with Gasteiger partial charge in [-0.05, 0) is 55.2 Å². The lowest BCUT2D eigenvalue weighted by Crippen LogP contribution is -2.46. The van der Waals surface area contributed by atoms with E-state index in [9.17, 15) is 4.79 Å². The molecule has 30 heavy (non-hydrogen) atoms. The van der Waals surface area contributed by atoms with Crippen LogP contribution in [-0.2, 0) is 11.3 Å². The van der Waals surface area contributed by atoms with Gasteiger partial charge in [0.1, 0.15) is 0 Å². The molecule has 0 saturated heterocycles. The minimum Gasteiger partial charge on any atom is -0.493 e. The summed E-state index contributed by atoms with van der Waals surface area (Å²) in [5.41, 5.74) is 1.46. The largest absolute Gasteiger partial charge is 0.493 e. The van der Waals surface area contributed by atoms with E-state index in [-0.39, 0.29) is 12.5 Å². The fraction of sp³-hybridized carbons (Fsp3) is 0.652. The summed E-state index contributed by atoms with van der Waals surface area (Å²) in [5.74, 6) is 2.52. The maximum Gasteiger partial charge on any atom is 0.257 e. The standard InChI is InChI=1S/C23H38N4O3/c1-6-25-21(28)15-30-19-9-8-18(12-20(19)29-5)14-26-22(24-4)27-16-23(10-7-11-23)13-17(2)3/h8-9,12,17H,6-7,10-11,13-16H2,1-5H3,(H,25,28)(H2,24,26,27). The molecule has 0 unspecified atom stereocenters. The van der Waals surface area contributed by atoms with Crippen molar-refractivity contribution >= 4 is 11.9 Å². The number of likely N-dealkylation sites (N-methyl/N-ethyl adjacent to an activating group) is 1. The van der Waals surface area contributed by atoms with E-state index >= 15 is 0 Å². The third-order valence-corrected chi connectivity index (χ3v) is 5.53. The highest BCUT2D eigenvalue weighted by Crippen LogP contribution is 2.45. The second-order valence-electron chi connectivity index (χ2n) is 8.46. The average molecular weight is 419 g/mol. The Bertz CT molecular complexity index is 714. The summed E-state index contributed by atoms with van der Waals surface area (Å²) in [6.45, 7) is 8.59. The van der Waals surface area contributed by atoms with E-state index in [1.807, 2.05) is 25.1 Å². The number of rotatable bonds is 11. The van der Waals surface area contributed by atoms with E-state index in [2.05, 4.69) is 34.8 Å². The van der Waals surface area contributed by atoms with Crippen LogP contribution in [0.15, 0.2) is 23.2 Å². The first-order chi connectivity index (χ1) is 14.4. The number of carbonyl (C=O) groups is 1. The Labute approximate surface area is 181 Å². The Morgan fingerprint density at radius 1 is 1.20 bits per heavy atom. The Balaban J connectivity index is 1.88. The van der Waals surface area contributed by atoms with Crippen LogP contribution >= 0.6 is 0 Å². The zero-order valence-corrected chi connectivity index (χ0v) is 19.1. The van der Waals surface area contributed by atoms with Crippen molar-refractivity contribution in [3.05, 3.63) is 23.8 Å². The molecule has 1 amide bonds. The van der Waals surface area contributed by atoms with Crippen molar-refractivity contribution in [3.8, 4) is 11.5 Å². The number of aliphatic imine (C=N–C) groups is 1. The first-order valence-electron chi connectivity index (χ1n) is 10.9. The molecule has 0 aliphatic heterocycles. The topological polar surface area (TPSA) is 84.0 Å². The summed E-state index contributed by atoms with van der Waals surface area (Å²) in [4.78, 5) is 16.0. The molecule has 1 saturated carbocycles. The van der Waals surface area contributed by atoms with Crippen LogP contribution in [0.1, 0.15) is 52.0 Å². The minimum atomic E-state index is -0.151. The van der Waals surface area contributed by atoms with Crippen LogP contribution in [0.25, 0.3) is 0 Å². The normalized spacial score (nSPS) is 15.3. The molecule has 0 heterocycles. The molecule has 7 nitrogen and oxygen atoms in total. The molecule has 7 heteroatoms. The lowest BCUT2D eigenvalue weighted by Gasteiger charge is -2.43. The number of carbonyl (C=O) groups excluding carboxylic acids is 1. The van der Waals surface area contributed by atoms with Crippen LogP contribution in [-0.4, -0.2) is 45.7 Å². The molecule has 1 aliphatic rings. The van der Waals surface area contributed by atoms with Crippen molar-refractivity contribution in [1.29, 1.82) is 0 Å². The van der Waals surface area contributed by atoms with Crippen molar-refractivity contribution in [2.24, 2.45) is 16.3 Å². The fourth-order valence-electron chi connectivity index (χ4n) is 4.01. The number of hydrogen-bond acceptors (Lipinski definition) is 4. The van der Waals surface area contributed by atoms with Crippen LogP contribution in [0.5, 0.6) is 11.5 Å². The number of guanidine groups is 1. The molecule has 0 atom stereocenters. The first-order valence-corrected chi connectivity index (χ1v) is 10.9. The Morgan fingerprint density at radius 3 is 2.53 bits per heavy atom. The second kappa shape index (κ2) is 11.7. The molecule has 1 fully saturated rings. The maximum atomic E-state index is 11.6. The van der Waals surface area contributed by atoms with E-state index in [4.69, 9.17) is 9.47 Å². The molecule has 1 aliphatic carbocycles. The molecule has 1 aromatic rings. The van der Waals surface area contributed by atoms with Crippen LogP contribution in [0, 0.1) is 11.3 Å². The summed E-state index contributed by atoms with van der Waals surface area (Å²) in [6.07, 6.45) is 5.18. The van der Waals surface area contributed by atoms with E-state index < -0.39 is 0 Å². The number of amides is 1. The van der Waals surface area contributed by atoms with Crippen molar-refractivity contribution in [2.45, 2.75) is 53.0 Å². The van der Waals surface area contributed by atoms with Crippen molar-refractivity contribution < 1.29 is 14.3 Å². The third-order valence-electron chi connectivity index (χ3n) is 5.53. The van der Waals surface area contributed by atoms with Gasteiger partial charge < -0.3 is 25.4 Å². The van der Waals surface area contributed by atoms with Gasteiger partial charge >= 0.3 is 0 Å². The zero-order valence-electron chi connectivity index (χ0n) is 19.1. The molecule has 2 rings (SSSR count). The predicted molar refractivity (Wildman–Crippen MR) is 121 cm³/mol. The molecule has 168 valence electrons. The summed E-state index contributed by atoms with van der Waals surface area (Å²) < 4.78 is 11.0. The fourth-order valence-corrected chi connectivity index (χ4v) is 4.01. The average Bonchev–Trinajstić information content (AvgIpc) is 2.70. The maximum absolute atomic E-state index is 11.6. The van der Waals surface area contributed by atoms with Crippen LogP contribution in [0.4, 0.5) is 0 Å². The number of methoxy groups -OCH3 is 1. The van der Waals surface area contributed by atoms with Gasteiger partial charge in [-0.3, -0.25) is 9.79 Å². The molecule has 3 N–H and O–H groups in total. The number of ether oxygens (including phenoxy) is 2. The molecule has 0 radical (unpaired) electrons.